The first-order chi connectivity index (χ1) is 11.0. The van der Waals surface area contributed by atoms with Crippen molar-refractivity contribution in [2.75, 3.05) is 36.8 Å². The largest absolute Gasteiger partial charge is 0.354 e. The lowest BCUT2D eigenvalue weighted by Crippen LogP contribution is -2.49. The Morgan fingerprint density at radius 2 is 1.71 bits per heavy atom. The molecule has 2 heterocycles. The summed E-state index contributed by atoms with van der Waals surface area (Å²) in [6.45, 7) is 14.7. The molecule has 0 bridgehead atoms. The summed E-state index contributed by atoms with van der Waals surface area (Å²) in [5, 5.41) is 0. The van der Waals surface area contributed by atoms with Crippen LogP contribution in [0.3, 0.4) is 0 Å². The van der Waals surface area contributed by atoms with Gasteiger partial charge in [-0.15, -0.1) is 0 Å². The van der Waals surface area contributed by atoms with Crippen molar-refractivity contribution in [2.45, 2.75) is 52.9 Å². The molecule has 1 aliphatic rings. The highest BCUT2D eigenvalue weighted by Gasteiger charge is 2.27. The van der Waals surface area contributed by atoms with Crippen LogP contribution in [0.5, 0.6) is 0 Å². The fourth-order valence-electron chi connectivity index (χ4n) is 2.63. The standard InChI is InChI=1S/C17H30N4O2S/c1-7-24(22,23)21-10-8-20(9-11-21)15-12-14(17(4,5)6)18-16(19-15)13(2)3/h12-13H,7-11H2,1-6H3. The molecule has 0 aromatic carbocycles. The maximum absolute atomic E-state index is 12.0. The summed E-state index contributed by atoms with van der Waals surface area (Å²) < 4.78 is 25.6. The van der Waals surface area contributed by atoms with E-state index >= 15 is 0 Å². The van der Waals surface area contributed by atoms with E-state index in [1.165, 1.54) is 0 Å². The SMILES string of the molecule is CCS(=O)(=O)N1CCN(c2cc(C(C)(C)C)nc(C(C)C)n2)CC1. The molecule has 0 atom stereocenters. The Morgan fingerprint density at radius 1 is 1.12 bits per heavy atom. The first kappa shape index (κ1) is 19.1. The summed E-state index contributed by atoms with van der Waals surface area (Å²) in [6.07, 6.45) is 0. The molecule has 136 valence electrons. The molecule has 0 radical (unpaired) electrons. The fourth-order valence-corrected chi connectivity index (χ4v) is 3.72. The Balaban J connectivity index is 2.25. The topological polar surface area (TPSA) is 66.4 Å². The average Bonchev–Trinajstić information content (AvgIpc) is 2.53. The highest BCUT2D eigenvalue weighted by molar-refractivity contribution is 7.89. The third-order valence-corrected chi connectivity index (χ3v) is 6.22. The summed E-state index contributed by atoms with van der Waals surface area (Å²) in [6, 6.07) is 2.05. The number of nitrogens with zero attached hydrogens (tertiary/aromatic N) is 4. The summed E-state index contributed by atoms with van der Waals surface area (Å²) >= 11 is 0. The van der Waals surface area contributed by atoms with E-state index < -0.39 is 10.0 Å². The number of piperazine rings is 1. The molecule has 0 amide bonds. The number of aromatic nitrogens is 2. The lowest BCUT2D eigenvalue weighted by Gasteiger charge is -2.35. The van der Waals surface area contributed by atoms with Crippen molar-refractivity contribution in [3.63, 3.8) is 0 Å². The highest BCUT2D eigenvalue weighted by Crippen LogP contribution is 2.26. The minimum atomic E-state index is -3.11. The zero-order valence-corrected chi connectivity index (χ0v) is 16.5. The van der Waals surface area contributed by atoms with Crippen LogP contribution in [0.4, 0.5) is 5.82 Å². The van der Waals surface area contributed by atoms with Crippen LogP contribution in [-0.2, 0) is 15.4 Å². The zero-order chi connectivity index (χ0) is 18.1. The van der Waals surface area contributed by atoms with Crippen molar-refractivity contribution in [1.82, 2.24) is 14.3 Å². The van der Waals surface area contributed by atoms with E-state index in [9.17, 15) is 8.42 Å². The van der Waals surface area contributed by atoms with Gasteiger partial charge in [-0.3, -0.25) is 0 Å². The number of rotatable bonds is 4. The van der Waals surface area contributed by atoms with Gasteiger partial charge in [0.05, 0.1) is 11.4 Å². The van der Waals surface area contributed by atoms with Crippen LogP contribution in [0.25, 0.3) is 0 Å². The van der Waals surface area contributed by atoms with Gasteiger partial charge in [-0.05, 0) is 6.92 Å². The molecule has 0 spiro atoms. The maximum Gasteiger partial charge on any atom is 0.213 e. The van der Waals surface area contributed by atoms with Gasteiger partial charge < -0.3 is 4.90 Å². The van der Waals surface area contributed by atoms with Crippen molar-refractivity contribution in [3.8, 4) is 0 Å². The molecular weight excluding hydrogens is 324 g/mol. The van der Waals surface area contributed by atoms with Gasteiger partial charge in [-0.2, -0.15) is 4.31 Å². The van der Waals surface area contributed by atoms with Crippen molar-refractivity contribution in [2.24, 2.45) is 0 Å². The molecule has 6 nitrogen and oxygen atoms in total. The minimum Gasteiger partial charge on any atom is -0.354 e. The molecular formula is C17H30N4O2S. The molecule has 24 heavy (non-hydrogen) atoms. The van der Waals surface area contributed by atoms with E-state index in [0.717, 1.165) is 17.3 Å². The van der Waals surface area contributed by atoms with Crippen molar-refractivity contribution < 1.29 is 8.42 Å². The second kappa shape index (κ2) is 6.96. The molecule has 1 aromatic heterocycles. The van der Waals surface area contributed by atoms with Gasteiger partial charge >= 0.3 is 0 Å². The second-order valence-electron chi connectivity index (χ2n) is 7.66. The molecule has 0 unspecified atom stereocenters. The number of hydrogen-bond donors (Lipinski definition) is 0. The van der Waals surface area contributed by atoms with Crippen LogP contribution in [-0.4, -0.2) is 54.6 Å². The van der Waals surface area contributed by atoms with Crippen LogP contribution < -0.4 is 4.90 Å². The maximum atomic E-state index is 12.0. The molecule has 7 heteroatoms. The smallest absolute Gasteiger partial charge is 0.213 e. The third kappa shape index (κ3) is 4.25. The van der Waals surface area contributed by atoms with Crippen LogP contribution in [0.2, 0.25) is 0 Å². The quantitative estimate of drug-likeness (QED) is 0.830. The Bertz CT molecular complexity index is 672. The molecule has 1 aromatic rings. The summed E-state index contributed by atoms with van der Waals surface area (Å²) in [7, 11) is -3.11. The van der Waals surface area contributed by atoms with E-state index in [-0.39, 0.29) is 17.1 Å². The van der Waals surface area contributed by atoms with Crippen molar-refractivity contribution in [3.05, 3.63) is 17.6 Å². The zero-order valence-electron chi connectivity index (χ0n) is 15.7. The van der Waals surface area contributed by atoms with E-state index in [4.69, 9.17) is 9.97 Å². The summed E-state index contributed by atoms with van der Waals surface area (Å²) in [5.41, 5.74) is 0.981. The molecule has 2 rings (SSSR count). The van der Waals surface area contributed by atoms with Gasteiger partial charge in [0.25, 0.3) is 0 Å². The summed E-state index contributed by atoms with van der Waals surface area (Å²) in [4.78, 5) is 11.6. The van der Waals surface area contributed by atoms with Crippen molar-refractivity contribution in [1.29, 1.82) is 0 Å². The van der Waals surface area contributed by atoms with Crippen LogP contribution >= 0.6 is 0 Å². The average molecular weight is 355 g/mol. The van der Waals surface area contributed by atoms with Crippen molar-refractivity contribution >= 4 is 15.8 Å². The van der Waals surface area contributed by atoms with E-state index in [1.54, 1.807) is 11.2 Å². The Kier molecular flexibility index (Phi) is 5.54. The van der Waals surface area contributed by atoms with E-state index in [2.05, 4.69) is 45.6 Å². The van der Waals surface area contributed by atoms with E-state index in [1.807, 2.05) is 0 Å². The van der Waals surface area contributed by atoms with Crippen LogP contribution in [0, 0.1) is 0 Å². The summed E-state index contributed by atoms with van der Waals surface area (Å²) in [5.74, 6) is 2.17. The first-order valence-corrected chi connectivity index (χ1v) is 10.3. The predicted octanol–water partition coefficient (Wildman–Crippen LogP) is 2.37. The fraction of sp³-hybridized carbons (Fsp3) is 0.765. The van der Waals surface area contributed by atoms with Gasteiger partial charge in [-0.25, -0.2) is 18.4 Å². The Labute approximate surface area is 146 Å². The van der Waals surface area contributed by atoms with Gasteiger partial charge in [0, 0.05) is 43.6 Å². The minimum absolute atomic E-state index is 0.0469. The Hall–Kier alpha value is -1.21. The van der Waals surface area contributed by atoms with Gasteiger partial charge in [-0.1, -0.05) is 34.6 Å². The molecule has 0 N–H and O–H groups in total. The lowest BCUT2D eigenvalue weighted by molar-refractivity contribution is 0.384. The van der Waals surface area contributed by atoms with E-state index in [0.29, 0.717) is 26.2 Å². The molecule has 0 saturated carbocycles. The van der Waals surface area contributed by atoms with Crippen LogP contribution in [0.1, 0.15) is 59.0 Å². The van der Waals surface area contributed by atoms with Gasteiger partial charge in [0.1, 0.15) is 11.6 Å². The van der Waals surface area contributed by atoms with Gasteiger partial charge in [0.15, 0.2) is 0 Å². The Morgan fingerprint density at radius 3 is 2.17 bits per heavy atom. The number of hydrogen-bond acceptors (Lipinski definition) is 5. The monoisotopic (exact) mass is 354 g/mol. The first-order valence-electron chi connectivity index (χ1n) is 8.67. The number of sulfonamides is 1. The lowest BCUT2D eigenvalue weighted by atomic mass is 9.91. The van der Waals surface area contributed by atoms with Gasteiger partial charge in [0.2, 0.25) is 10.0 Å². The molecule has 1 saturated heterocycles. The second-order valence-corrected chi connectivity index (χ2v) is 9.92. The van der Waals surface area contributed by atoms with Crippen LogP contribution in [0.15, 0.2) is 6.07 Å². The number of anilines is 1. The molecule has 1 aliphatic heterocycles. The highest BCUT2D eigenvalue weighted by atomic mass is 32.2. The third-order valence-electron chi connectivity index (χ3n) is 4.34. The normalized spacial score (nSPS) is 17.5. The predicted molar refractivity (Wildman–Crippen MR) is 98.1 cm³/mol. The molecule has 0 aliphatic carbocycles. The molecule has 1 fully saturated rings.